The Labute approximate surface area is 82.5 Å². The highest BCUT2D eigenvalue weighted by atomic mass is 32.1. The zero-order chi connectivity index (χ0) is 9.19. The minimum absolute atomic E-state index is 0.515. The van der Waals surface area contributed by atoms with Gasteiger partial charge in [-0.25, -0.2) is 0 Å². The molecule has 72 valence electrons. The van der Waals surface area contributed by atoms with E-state index in [-0.39, 0.29) is 0 Å². The summed E-state index contributed by atoms with van der Waals surface area (Å²) in [6, 6.07) is 0. The molecule has 0 amide bonds. The highest BCUT2D eigenvalue weighted by Crippen LogP contribution is 2.40. The van der Waals surface area contributed by atoms with Gasteiger partial charge in [0.05, 0.1) is 0 Å². The average Bonchev–Trinajstić information content (AvgIpc) is 2.03. The van der Waals surface area contributed by atoms with Crippen molar-refractivity contribution in [2.45, 2.75) is 46.5 Å². The van der Waals surface area contributed by atoms with Crippen LogP contribution in [0.2, 0.25) is 0 Å². The molecule has 12 heavy (non-hydrogen) atoms. The fourth-order valence-electron chi connectivity index (χ4n) is 2.24. The van der Waals surface area contributed by atoms with Gasteiger partial charge in [-0.1, -0.05) is 27.2 Å². The third-order valence-corrected chi connectivity index (χ3v) is 3.78. The summed E-state index contributed by atoms with van der Waals surface area (Å²) in [5.41, 5.74) is 0.515. The number of thiol groups is 1. The highest BCUT2D eigenvalue weighted by molar-refractivity contribution is 7.80. The summed E-state index contributed by atoms with van der Waals surface area (Å²) in [5.74, 6) is 2.92. The van der Waals surface area contributed by atoms with Gasteiger partial charge in [-0.3, -0.25) is 0 Å². The molecule has 2 unspecified atom stereocenters. The molecule has 0 aliphatic heterocycles. The van der Waals surface area contributed by atoms with Crippen molar-refractivity contribution in [3.05, 3.63) is 0 Å². The van der Waals surface area contributed by atoms with E-state index in [1.807, 2.05) is 0 Å². The zero-order valence-electron chi connectivity index (χ0n) is 8.64. The molecule has 0 nitrogen and oxygen atoms in total. The Bertz CT molecular complexity index is 134. The lowest BCUT2D eigenvalue weighted by atomic mass is 9.69. The highest BCUT2D eigenvalue weighted by Gasteiger charge is 2.29. The maximum atomic E-state index is 4.40. The molecule has 0 heterocycles. The molecule has 1 fully saturated rings. The van der Waals surface area contributed by atoms with E-state index in [0.717, 1.165) is 17.6 Å². The van der Waals surface area contributed by atoms with Gasteiger partial charge in [0.1, 0.15) is 0 Å². The molecule has 1 rings (SSSR count). The zero-order valence-corrected chi connectivity index (χ0v) is 9.53. The van der Waals surface area contributed by atoms with Gasteiger partial charge in [0.25, 0.3) is 0 Å². The van der Waals surface area contributed by atoms with Crippen LogP contribution in [0.4, 0.5) is 0 Å². The van der Waals surface area contributed by atoms with Gasteiger partial charge in [-0.15, -0.1) is 0 Å². The van der Waals surface area contributed by atoms with E-state index in [4.69, 9.17) is 0 Å². The molecule has 0 aromatic rings. The van der Waals surface area contributed by atoms with Gasteiger partial charge in [0, 0.05) is 0 Å². The minimum Gasteiger partial charge on any atom is -0.179 e. The van der Waals surface area contributed by atoms with Crippen LogP contribution in [0.5, 0.6) is 0 Å². The Morgan fingerprint density at radius 1 is 1.25 bits per heavy atom. The summed E-state index contributed by atoms with van der Waals surface area (Å²) in [7, 11) is 0. The largest absolute Gasteiger partial charge is 0.179 e. The van der Waals surface area contributed by atoms with Crippen molar-refractivity contribution in [2.24, 2.45) is 17.3 Å². The molecule has 1 heteroatoms. The molecule has 1 aliphatic carbocycles. The molecule has 0 spiro atoms. The first kappa shape index (κ1) is 10.4. The third-order valence-electron chi connectivity index (χ3n) is 3.27. The molecule has 2 atom stereocenters. The predicted octanol–water partition coefficient (Wildman–Crippen LogP) is 3.77. The van der Waals surface area contributed by atoms with Gasteiger partial charge in [0.2, 0.25) is 0 Å². The van der Waals surface area contributed by atoms with Crippen LogP contribution >= 0.6 is 12.6 Å². The van der Waals surface area contributed by atoms with Gasteiger partial charge >= 0.3 is 0 Å². The summed E-state index contributed by atoms with van der Waals surface area (Å²) in [6.45, 7) is 7.12. The Balaban J connectivity index is 2.46. The summed E-state index contributed by atoms with van der Waals surface area (Å²) >= 11 is 4.40. The molecule has 0 aromatic heterocycles. The third kappa shape index (κ3) is 2.69. The van der Waals surface area contributed by atoms with Gasteiger partial charge in [0.15, 0.2) is 0 Å². The van der Waals surface area contributed by atoms with Crippen LogP contribution in [0.1, 0.15) is 46.5 Å². The fourth-order valence-corrected chi connectivity index (χ4v) is 2.58. The lowest BCUT2D eigenvalue weighted by Crippen LogP contribution is -2.27. The van der Waals surface area contributed by atoms with Crippen LogP contribution in [0.25, 0.3) is 0 Å². The maximum absolute atomic E-state index is 4.40. The van der Waals surface area contributed by atoms with Crippen LogP contribution in [0.15, 0.2) is 0 Å². The van der Waals surface area contributed by atoms with Gasteiger partial charge in [-0.2, -0.15) is 12.6 Å². The van der Waals surface area contributed by atoms with Crippen LogP contribution < -0.4 is 0 Å². The van der Waals surface area contributed by atoms with E-state index in [1.54, 1.807) is 0 Å². The topological polar surface area (TPSA) is 0 Å². The fraction of sp³-hybridized carbons (Fsp3) is 1.00. The molecule has 0 saturated heterocycles. The Morgan fingerprint density at radius 3 is 2.42 bits per heavy atom. The van der Waals surface area contributed by atoms with Crippen molar-refractivity contribution in [2.75, 3.05) is 5.75 Å². The number of hydrogen-bond acceptors (Lipinski definition) is 1. The smallest absolute Gasteiger partial charge is 0.00694 e. The first-order valence-corrected chi connectivity index (χ1v) is 5.78. The van der Waals surface area contributed by atoms with E-state index >= 15 is 0 Å². The molecular weight excluding hydrogens is 164 g/mol. The normalized spacial score (nSPS) is 32.0. The lowest BCUT2D eigenvalue weighted by Gasteiger charge is -2.37. The van der Waals surface area contributed by atoms with E-state index < -0.39 is 0 Å². The second kappa shape index (κ2) is 4.04. The molecule has 0 aromatic carbocycles. The first-order chi connectivity index (χ1) is 5.54. The molecule has 0 bridgehead atoms. The van der Waals surface area contributed by atoms with Crippen LogP contribution in [-0.4, -0.2) is 5.75 Å². The molecular formula is C11H22S. The van der Waals surface area contributed by atoms with Crippen LogP contribution in [-0.2, 0) is 0 Å². The summed E-state index contributed by atoms with van der Waals surface area (Å²) < 4.78 is 0. The predicted molar refractivity (Wildman–Crippen MR) is 58.8 cm³/mol. The van der Waals surface area contributed by atoms with Gasteiger partial charge in [-0.05, 0) is 42.3 Å². The standard InChI is InChI=1S/C11H22S/c1-11(2,3)10-6-4-5-9(7-10)8-12/h9-10,12H,4-8H2,1-3H3. The SMILES string of the molecule is CC(C)(C)C1CCCC(CS)C1. The molecule has 0 radical (unpaired) electrons. The number of rotatable bonds is 1. The Morgan fingerprint density at radius 2 is 1.92 bits per heavy atom. The Kier molecular flexibility index (Phi) is 3.51. The van der Waals surface area contributed by atoms with Crippen molar-refractivity contribution in [1.29, 1.82) is 0 Å². The average molecular weight is 186 g/mol. The minimum atomic E-state index is 0.515. The summed E-state index contributed by atoms with van der Waals surface area (Å²) in [4.78, 5) is 0. The van der Waals surface area contributed by atoms with E-state index in [2.05, 4.69) is 33.4 Å². The maximum Gasteiger partial charge on any atom is -0.00694 e. The quantitative estimate of drug-likeness (QED) is 0.592. The summed E-state index contributed by atoms with van der Waals surface area (Å²) in [5, 5.41) is 0. The van der Waals surface area contributed by atoms with Crippen molar-refractivity contribution in [1.82, 2.24) is 0 Å². The second-order valence-corrected chi connectivity index (χ2v) is 5.64. The first-order valence-electron chi connectivity index (χ1n) is 5.15. The van der Waals surface area contributed by atoms with E-state index in [0.29, 0.717) is 5.41 Å². The van der Waals surface area contributed by atoms with Crippen molar-refractivity contribution in [3.63, 3.8) is 0 Å². The number of hydrogen-bond donors (Lipinski definition) is 1. The van der Waals surface area contributed by atoms with E-state index in [1.165, 1.54) is 25.7 Å². The monoisotopic (exact) mass is 186 g/mol. The van der Waals surface area contributed by atoms with Crippen molar-refractivity contribution >= 4 is 12.6 Å². The van der Waals surface area contributed by atoms with Crippen LogP contribution in [0.3, 0.4) is 0 Å². The summed E-state index contributed by atoms with van der Waals surface area (Å²) in [6.07, 6.45) is 5.68. The van der Waals surface area contributed by atoms with Crippen molar-refractivity contribution < 1.29 is 0 Å². The van der Waals surface area contributed by atoms with Crippen LogP contribution in [0, 0.1) is 17.3 Å². The lowest BCUT2D eigenvalue weighted by molar-refractivity contribution is 0.150. The molecule has 1 saturated carbocycles. The van der Waals surface area contributed by atoms with Crippen molar-refractivity contribution in [3.8, 4) is 0 Å². The molecule has 0 N–H and O–H groups in total. The van der Waals surface area contributed by atoms with Gasteiger partial charge < -0.3 is 0 Å². The molecule has 1 aliphatic rings. The van der Waals surface area contributed by atoms with E-state index in [9.17, 15) is 0 Å². The Hall–Kier alpha value is 0.350. The second-order valence-electron chi connectivity index (χ2n) is 5.28.